The van der Waals surface area contributed by atoms with Gasteiger partial charge in [0.15, 0.2) is 0 Å². The van der Waals surface area contributed by atoms with Gasteiger partial charge in [-0.25, -0.2) is 0 Å². The highest BCUT2D eigenvalue weighted by Gasteiger charge is 2.40. The zero-order valence-electron chi connectivity index (χ0n) is 20.3. The van der Waals surface area contributed by atoms with Crippen molar-refractivity contribution in [1.29, 1.82) is 0 Å². The summed E-state index contributed by atoms with van der Waals surface area (Å²) in [5.74, 6) is 0.0325. The molecule has 0 saturated heterocycles. The summed E-state index contributed by atoms with van der Waals surface area (Å²) < 4.78 is 0. The second-order valence-corrected chi connectivity index (χ2v) is 10.5. The van der Waals surface area contributed by atoms with E-state index in [0.29, 0.717) is 0 Å². The van der Waals surface area contributed by atoms with E-state index in [-0.39, 0.29) is 22.5 Å². The van der Waals surface area contributed by atoms with Crippen molar-refractivity contribution < 1.29 is 9.90 Å². The molecule has 4 rings (SSSR count). The van der Waals surface area contributed by atoms with Crippen LogP contribution in [0.15, 0.2) is 67.3 Å². The fourth-order valence-electron chi connectivity index (χ4n) is 5.17. The van der Waals surface area contributed by atoms with E-state index in [1.807, 2.05) is 24.3 Å². The minimum atomic E-state index is -0.223. The first-order chi connectivity index (χ1) is 15.5. The standard InChI is InChI=1S/C30H33NO2/c1-7-25(33)31-22-10-8-9-21(18-22)27-26(20-11-13-23(32)14-12-20)19(2)17-24-28(27)30(5,6)16-15-29(24,3)4/h7-14,17-18,32H,1,15-16H2,2-6H3,(H,31,33). The van der Waals surface area contributed by atoms with Crippen molar-refractivity contribution >= 4 is 11.6 Å². The molecule has 0 radical (unpaired) electrons. The van der Waals surface area contributed by atoms with Crippen molar-refractivity contribution in [2.45, 2.75) is 58.3 Å². The van der Waals surface area contributed by atoms with E-state index in [0.717, 1.165) is 29.7 Å². The lowest BCUT2D eigenvalue weighted by Crippen LogP contribution is -2.35. The average Bonchev–Trinajstić information content (AvgIpc) is 2.77. The van der Waals surface area contributed by atoms with Gasteiger partial charge in [0.1, 0.15) is 5.75 Å². The summed E-state index contributed by atoms with van der Waals surface area (Å²) in [7, 11) is 0. The van der Waals surface area contributed by atoms with Gasteiger partial charge in [-0.1, -0.05) is 64.6 Å². The Kier molecular flexibility index (Phi) is 5.69. The Morgan fingerprint density at radius 2 is 1.61 bits per heavy atom. The molecule has 0 atom stereocenters. The summed E-state index contributed by atoms with van der Waals surface area (Å²) in [4.78, 5) is 12.0. The van der Waals surface area contributed by atoms with Gasteiger partial charge in [-0.05, 0) is 99.9 Å². The van der Waals surface area contributed by atoms with Gasteiger partial charge in [0.05, 0.1) is 0 Å². The third-order valence-electron chi connectivity index (χ3n) is 7.07. The molecule has 2 N–H and O–H groups in total. The highest BCUT2D eigenvalue weighted by molar-refractivity contribution is 6.00. The van der Waals surface area contributed by atoms with Gasteiger partial charge in [-0.3, -0.25) is 4.79 Å². The molecule has 0 unspecified atom stereocenters. The van der Waals surface area contributed by atoms with E-state index < -0.39 is 0 Å². The number of carbonyl (C=O) groups excluding carboxylic acids is 1. The van der Waals surface area contributed by atoms with Crippen molar-refractivity contribution in [2.24, 2.45) is 0 Å². The van der Waals surface area contributed by atoms with Crippen LogP contribution in [0.4, 0.5) is 5.69 Å². The number of aryl methyl sites for hydroxylation is 1. The number of nitrogens with one attached hydrogen (secondary N) is 1. The molecule has 0 heterocycles. The SMILES string of the molecule is C=CC(=O)Nc1cccc(-c2c(-c3ccc(O)cc3)c(C)cc3c2C(C)(C)CCC3(C)C)c1. The molecule has 0 saturated carbocycles. The van der Waals surface area contributed by atoms with Crippen LogP contribution in [0.25, 0.3) is 22.3 Å². The average molecular weight is 440 g/mol. The van der Waals surface area contributed by atoms with Crippen molar-refractivity contribution in [3.63, 3.8) is 0 Å². The number of aromatic hydroxyl groups is 1. The molecular formula is C30H33NO2. The fourth-order valence-corrected chi connectivity index (χ4v) is 5.17. The maximum atomic E-state index is 12.0. The van der Waals surface area contributed by atoms with Gasteiger partial charge < -0.3 is 10.4 Å². The molecule has 3 aromatic rings. The van der Waals surface area contributed by atoms with Gasteiger partial charge >= 0.3 is 0 Å². The summed E-state index contributed by atoms with van der Waals surface area (Å²) in [6, 6.07) is 17.9. The van der Waals surface area contributed by atoms with Crippen LogP contribution in [0.5, 0.6) is 5.75 Å². The second kappa shape index (κ2) is 8.22. The molecule has 0 aromatic heterocycles. The first-order valence-corrected chi connectivity index (χ1v) is 11.6. The van der Waals surface area contributed by atoms with Crippen molar-refractivity contribution in [3.05, 3.63) is 83.9 Å². The second-order valence-electron chi connectivity index (χ2n) is 10.5. The molecule has 0 spiro atoms. The number of carbonyl (C=O) groups is 1. The summed E-state index contributed by atoms with van der Waals surface area (Å²) >= 11 is 0. The summed E-state index contributed by atoms with van der Waals surface area (Å²) in [6.07, 6.45) is 3.53. The van der Waals surface area contributed by atoms with Crippen molar-refractivity contribution in [1.82, 2.24) is 0 Å². The lowest BCUT2D eigenvalue weighted by molar-refractivity contribution is -0.111. The van der Waals surface area contributed by atoms with E-state index in [1.165, 1.54) is 33.9 Å². The minimum Gasteiger partial charge on any atom is -0.508 e. The molecule has 3 nitrogen and oxygen atoms in total. The number of amides is 1. The molecule has 1 amide bonds. The molecule has 3 heteroatoms. The Hall–Kier alpha value is -3.33. The molecule has 170 valence electrons. The number of benzene rings is 3. The minimum absolute atomic E-state index is 0.0000744. The Labute approximate surface area is 197 Å². The molecule has 0 fully saturated rings. The zero-order chi connectivity index (χ0) is 24.0. The Morgan fingerprint density at radius 3 is 2.27 bits per heavy atom. The Morgan fingerprint density at radius 1 is 0.939 bits per heavy atom. The summed E-state index contributed by atoms with van der Waals surface area (Å²) in [5, 5.41) is 12.8. The predicted molar refractivity (Wildman–Crippen MR) is 138 cm³/mol. The lowest BCUT2D eigenvalue weighted by atomic mass is 9.60. The molecule has 0 aliphatic heterocycles. The maximum absolute atomic E-state index is 12.0. The van der Waals surface area contributed by atoms with Crippen LogP contribution in [0.3, 0.4) is 0 Å². The first-order valence-electron chi connectivity index (χ1n) is 11.6. The fraction of sp³-hybridized carbons (Fsp3) is 0.300. The van der Waals surface area contributed by atoms with Crippen LogP contribution in [0.2, 0.25) is 0 Å². The number of phenols is 1. The molecule has 3 aromatic carbocycles. The quantitative estimate of drug-likeness (QED) is 0.413. The topological polar surface area (TPSA) is 49.3 Å². The number of anilines is 1. The van der Waals surface area contributed by atoms with E-state index in [9.17, 15) is 9.90 Å². The van der Waals surface area contributed by atoms with Crippen LogP contribution in [-0.4, -0.2) is 11.0 Å². The smallest absolute Gasteiger partial charge is 0.247 e. The number of phenolic OH excluding ortho intramolecular Hbond substituents is 1. The Bertz CT molecular complexity index is 1230. The highest BCUT2D eigenvalue weighted by atomic mass is 16.3. The van der Waals surface area contributed by atoms with Crippen LogP contribution in [0, 0.1) is 6.92 Å². The number of hydrogen-bond acceptors (Lipinski definition) is 2. The van der Waals surface area contributed by atoms with E-state index in [4.69, 9.17) is 0 Å². The van der Waals surface area contributed by atoms with Gasteiger partial charge in [-0.2, -0.15) is 0 Å². The number of fused-ring (bicyclic) bond motifs is 1. The van der Waals surface area contributed by atoms with Crippen molar-refractivity contribution in [3.8, 4) is 28.0 Å². The van der Waals surface area contributed by atoms with Gasteiger partial charge in [0.25, 0.3) is 0 Å². The first kappa shape index (κ1) is 22.8. The number of rotatable bonds is 4. The van der Waals surface area contributed by atoms with Crippen LogP contribution in [0.1, 0.15) is 57.2 Å². The monoisotopic (exact) mass is 439 g/mol. The third kappa shape index (κ3) is 4.20. The third-order valence-corrected chi connectivity index (χ3v) is 7.07. The lowest BCUT2D eigenvalue weighted by Gasteiger charge is -2.44. The van der Waals surface area contributed by atoms with Gasteiger partial charge in [-0.15, -0.1) is 0 Å². The van der Waals surface area contributed by atoms with E-state index in [2.05, 4.69) is 64.7 Å². The summed E-state index contributed by atoms with van der Waals surface area (Å²) in [6.45, 7) is 15.1. The molecule has 33 heavy (non-hydrogen) atoms. The van der Waals surface area contributed by atoms with E-state index in [1.54, 1.807) is 12.1 Å². The van der Waals surface area contributed by atoms with Gasteiger partial charge in [0, 0.05) is 5.69 Å². The van der Waals surface area contributed by atoms with Gasteiger partial charge in [0.2, 0.25) is 5.91 Å². The maximum Gasteiger partial charge on any atom is 0.247 e. The molecule has 1 aliphatic carbocycles. The number of hydrogen-bond donors (Lipinski definition) is 2. The highest BCUT2D eigenvalue weighted by Crippen LogP contribution is 2.53. The van der Waals surface area contributed by atoms with Crippen LogP contribution in [-0.2, 0) is 15.6 Å². The summed E-state index contributed by atoms with van der Waals surface area (Å²) in [5.41, 5.74) is 9.34. The largest absolute Gasteiger partial charge is 0.508 e. The predicted octanol–water partition coefficient (Wildman–Crippen LogP) is 7.51. The van der Waals surface area contributed by atoms with Crippen LogP contribution >= 0.6 is 0 Å². The van der Waals surface area contributed by atoms with Crippen molar-refractivity contribution in [2.75, 3.05) is 5.32 Å². The van der Waals surface area contributed by atoms with Crippen LogP contribution < -0.4 is 5.32 Å². The molecular weight excluding hydrogens is 406 g/mol. The Balaban J connectivity index is 2.08. The molecule has 1 aliphatic rings. The normalized spacial score (nSPS) is 16.0. The molecule has 0 bridgehead atoms. The zero-order valence-corrected chi connectivity index (χ0v) is 20.3. The van der Waals surface area contributed by atoms with E-state index >= 15 is 0 Å².